The number of benzene rings is 5. The van der Waals surface area contributed by atoms with E-state index in [1.54, 1.807) is 0 Å². The first-order valence-corrected chi connectivity index (χ1v) is 19.4. The molecule has 8 rings (SSSR count). The van der Waals surface area contributed by atoms with Gasteiger partial charge in [-0.2, -0.15) is 0 Å². The van der Waals surface area contributed by atoms with Crippen LogP contribution in [0.2, 0.25) is 0 Å². The molecule has 7 aromatic rings. The predicted molar refractivity (Wildman–Crippen MR) is 233 cm³/mol. The third kappa shape index (κ3) is 6.12. The molecule has 0 unspecified atom stereocenters. The SMILES string of the molecule is CCC(C)(C)c1ccc(-c2cccc(-c3cccc4c3C(C)(C)c3ccccc3-4)n2)cc1-c1nccn1-c1c(N(C)C)cc(-c2ccccc2)cc1N(C)C. The van der Waals surface area contributed by atoms with Crippen molar-refractivity contribution in [3.63, 3.8) is 0 Å². The lowest BCUT2D eigenvalue weighted by Crippen LogP contribution is -2.20. The van der Waals surface area contributed by atoms with Gasteiger partial charge in [0.25, 0.3) is 0 Å². The van der Waals surface area contributed by atoms with E-state index in [0.717, 1.165) is 51.8 Å². The van der Waals surface area contributed by atoms with Crippen molar-refractivity contribution in [1.82, 2.24) is 14.5 Å². The molecule has 0 spiro atoms. The molecule has 0 bridgehead atoms. The summed E-state index contributed by atoms with van der Waals surface area (Å²) in [6.07, 6.45) is 5.03. The lowest BCUT2D eigenvalue weighted by Gasteiger charge is -2.29. The number of hydrogen-bond acceptors (Lipinski definition) is 4. The molecule has 0 radical (unpaired) electrons. The van der Waals surface area contributed by atoms with Crippen LogP contribution in [0, 0.1) is 0 Å². The molecular formula is C50H51N5. The molecule has 1 aliphatic carbocycles. The predicted octanol–water partition coefficient (Wildman–Crippen LogP) is 12.1. The van der Waals surface area contributed by atoms with E-state index in [2.05, 4.69) is 205 Å². The Morgan fingerprint density at radius 3 is 1.96 bits per heavy atom. The first-order valence-electron chi connectivity index (χ1n) is 19.4. The zero-order chi connectivity index (χ0) is 38.6. The molecule has 55 heavy (non-hydrogen) atoms. The Labute approximate surface area is 327 Å². The largest absolute Gasteiger partial charge is 0.376 e. The normalized spacial score (nSPS) is 13.0. The summed E-state index contributed by atoms with van der Waals surface area (Å²) >= 11 is 0. The molecule has 0 fully saturated rings. The zero-order valence-corrected chi connectivity index (χ0v) is 33.6. The molecule has 0 amide bonds. The minimum absolute atomic E-state index is 0.0863. The molecule has 0 aliphatic heterocycles. The molecular weight excluding hydrogens is 671 g/mol. The standard InChI is InChI=1S/C50H51N5/c1-10-49(2,3)40-27-26-34(42-24-17-25-43(52-42)38-22-16-21-37-36-20-14-15-23-41(36)50(4,5)46(37)38)30-39(40)48-51-28-29-55(48)47-44(53(6)7)31-35(32-45(47)54(8)9)33-18-12-11-13-19-33/h11-32H,10H2,1-9H3. The number of aromatic nitrogens is 3. The van der Waals surface area contributed by atoms with Crippen LogP contribution in [0.3, 0.4) is 0 Å². The van der Waals surface area contributed by atoms with E-state index >= 15 is 0 Å². The molecule has 5 heteroatoms. The van der Waals surface area contributed by atoms with Gasteiger partial charge in [0.1, 0.15) is 5.82 Å². The summed E-state index contributed by atoms with van der Waals surface area (Å²) in [4.78, 5) is 15.0. The van der Waals surface area contributed by atoms with Crippen LogP contribution >= 0.6 is 0 Å². The maximum atomic E-state index is 5.41. The fraction of sp³-hybridized carbons (Fsp3) is 0.240. The molecule has 1 aliphatic rings. The molecule has 5 aromatic carbocycles. The molecule has 0 atom stereocenters. The summed E-state index contributed by atoms with van der Waals surface area (Å²) in [5.74, 6) is 0.911. The van der Waals surface area contributed by atoms with E-state index in [1.807, 2.05) is 6.20 Å². The Balaban J connectivity index is 1.29. The summed E-state index contributed by atoms with van der Waals surface area (Å²) in [5, 5.41) is 0. The summed E-state index contributed by atoms with van der Waals surface area (Å²) in [6, 6.07) is 44.0. The van der Waals surface area contributed by atoms with Crippen molar-refractivity contribution >= 4 is 11.4 Å². The van der Waals surface area contributed by atoms with Crippen molar-refractivity contribution in [3.05, 3.63) is 150 Å². The highest BCUT2D eigenvalue weighted by Crippen LogP contribution is 2.52. The quantitative estimate of drug-likeness (QED) is 0.149. The van der Waals surface area contributed by atoms with Crippen molar-refractivity contribution in [1.29, 1.82) is 0 Å². The van der Waals surface area contributed by atoms with Gasteiger partial charge in [-0.3, -0.25) is 4.57 Å². The van der Waals surface area contributed by atoms with Gasteiger partial charge in [-0.15, -0.1) is 0 Å². The van der Waals surface area contributed by atoms with Gasteiger partial charge < -0.3 is 9.80 Å². The maximum absolute atomic E-state index is 5.41. The van der Waals surface area contributed by atoms with Gasteiger partial charge in [0.2, 0.25) is 0 Å². The molecule has 2 aromatic heterocycles. The second-order valence-corrected chi connectivity index (χ2v) is 16.4. The average Bonchev–Trinajstić information content (AvgIpc) is 3.78. The third-order valence-corrected chi connectivity index (χ3v) is 11.8. The summed E-state index contributed by atoms with van der Waals surface area (Å²) in [5.41, 5.74) is 17.4. The van der Waals surface area contributed by atoms with Crippen LogP contribution in [0.1, 0.15) is 57.7 Å². The number of fused-ring (bicyclic) bond motifs is 3. The van der Waals surface area contributed by atoms with E-state index in [4.69, 9.17) is 9.97 Å². The molecule has 0 saturated carbocycles. The van der Waals surface area contributed by atoms with Crippen LogP contribution in [0.5, 0.6) is 0 Å². The van der Waals surface area contributed by atoms with Gasteiger partial charge in [-0.1, -0.05) is 126 Å². The monoisotopic (exact) mass is 721 g/mol. The van der Waals surface area contributed by atoms with Crippen molar-refractivity contribution in [2.45, 2.75) is 51.9 Å². The van der Waals surface area contributed by atoms with Crippen molar-refractivity contribution in [2.75, 3.05) is 38.0 Å². The van der Waals surface area contributed by atoms with Gasteiger partial charge in [-0.05, 0) is 81.1 Å². The van der Waals surface area contributed by atoms with E-state index in [-0.39, 0.29) is 10.8 Å². The van der Waals surface area contributed by atoms with Crippen LogP contribution < -0.4 is 9.80 Å². The summed E-state index contributed by atoms with van der Waals surface area (Å²) in [6.45, 7) is 11.6. The minimum Gasteiger partial charge on any atom is -0.376 e. The second kappa shape index (κ2) is 13.7. The van der Waals surface area contributed by atoms with Crippen LogP contribution in [0.15, 0.2) is 134 Å². The Kier molecular flexibility index (Phi) is 9.00. The number of imidazole rings is 1. The third-order valence-electron chi connectivity index (χ3n) is 11.8. The van der Waals surface area contributed by atoms with Gasteiger partial charge in [-0.25, -0.2) is 9.97 Å². The van der Waals surface area contributed by atoms with Crippen LogP contribution in [0.25, 0.3) is 61.8 Å². The highest BCUT2D eigenvalue weighted by atomic mass is 15.2. The van der Waals surface area contributed by atoms with Crippen LogP contribution in [-0.2, 0) is 10.8 Å². The average molecular weight is 722 g/mol. The minimum atomic E-state index is -0.131. The Bertz CT molecular complexity index is 2510. The van der Waals surface area contributed by atoms with Crippen molar-refractivity contribution in [2.24, 2.45) is 0 Å². The molecule has 0 saturated heterocycles. The summed E-state index contributed by atoms with van der Waals surface area (Å²) in [7, 11) is 8.49. The fourth-order valence-corrected chi connectivity index (χ4v) is 8.49. The van der Waals surface area contributed by atoms with E-state index in [0.29, 0.717) is 0 Å². The molecule has 2 heterocycles. The van der Waals surface area contributed by atoms with Crippen molar-refractivity contribution in [3.8, 4) is 61.8 Å². The molecule has 276 valence electrons. The van der Waals surface area contributed by atoms with Gasteiger partial charge >= 0.3 is 0 Å². The first-order chi connectivity index (χ1) is 26.4. The summed E-state index contributed by atoms with van der Waals surface area (Å²) < 4.78 is 2.28. The van der Waals surface area contributed by atoms with E-state index in [9.17, 15) is 0 Å². The number of anilines is 2. The molecule has 0 N–H and O–H groups in total. The number of hydrogen-bond donors (Lipinski definition) is 0. The number of nitrogens with zero attached hydrogens (tertiary/aromatic N) is 5. The lowest BCUT2D eigenvalue weighted by atomic mass is 9.78. The first kappa shape index (κ1) is 36.1. The Hall–Kier alpha value is -5.94. The Morgan fingerprint density at radius 1 is 0.618 bits per heavy atom. The van der Waals surface area contributed by atoms with Crippen molar-refractivity contribution < 1.29 is 0 Å². The van der Waals surface area contributed by atoms with Crippen LogP contribution in [0.4, 0.5) is 11.4 Å². The molecule has 5 nitrogen and oxygen atoms in total. The second-order valence-electron chi connectivity index (χ2n) is 16.4. The highest BCUT2D eigenvalue weighted by Gasteiger charge is 2.37. The topological polar surface area (TPSA) is 37.2 Å². The highest BCUT2D eigenvalue weighted by molar-refractivity contribution is 5.89. The zero-order valence-electron chi connectivity index (χ0n) is 33.6. The van der Waals surface area contributed by atoms with E-state index in [1.165, 1.54) is 44.5 Å². The van der Waals surface area contributed by atoms with Gasteiger partial charge in [0.05, 0.1) is 28.5 Å². The number of pyridine rings is 1. The lowest BCUT2D eigenvalue weighted by molar-refractivity contribution is 0.507. The Morgan fingerprint density at radius 2 is 1.25 bits per heavy atom. The maximum Gasteiger partial charge on any atom is 0.144 e. The van der Waals surface area contributed by atoms with Crippen LogP contribution in [-0.4, -0.2) is 42.7 Å². The smallest absolute Gasteiger partial charge is 0.144 e. The van der Waals surface area contributed by atoms with E-state index < -0.39 is 0 Å². The van der Waals surface area contributed by atoms with Gasteiger partial charge in [0.15, 0.2) is 0 Å². The fourth-order valence-electron chi connectivity index (χ4n) is 8.49. The number of rotatable bonds is 9. The van der Waals surface area contributed by atoms with Gasteiger partial charge in [0, 0.05) is 62.7 Å².